The van der Waals surface area contributed by atoms with Gasteiger partial charge in [-0.05, 0) is 110 Å². The van der Waals surface area contributed by atoms with E-state index < -0.39 is 241 Å². The molecule has 0 bridgehead atoms. The van der Waals surface area contributed by atoms with Gasteiger partial charge in [0.15, 0.2) is 5.96 Å². The predicted molar refractivity (Wildman–Crippen MR) is 503 cm³/mol. The third-order valence-electron chi connectivity index (χ3n) is 24.2. The van der Waals surface area contributed by atoms with Gasteiger partial charge in [-0.1, -0.05) is 102 Å². The molecule has 3 aliphatic rings. The Kier molecular flexibility index (Phi) is 39.8. The van der Waals surface area contributed by atoms with Crippen LogP contribution in [0.1, 0.15) is 140 Å². The zero-order chi connectivity index (χ0) is 99.3. The predicted octanol–water partition coefficient (Wildman–Crippen LogP) is -2.20. The van der Waals surface area contributed by atoms with Gasteiger partial charge in [0.2, 0.25) is 100 Å². The molecule has 0 aliphatic carbocycles. The lowest BCUT2D eigenvalue weighted by atomic mass is 10.00. The molecule has 3 aromatic carbocycles. The zero-order valence-corrected chi connectivity index (χ0v) is 79.1. The van der Waals surface area contributed by atoms with Crippen molar-refractivity contribution in [3.63, 3.8) is 0 Å². The van der Waals surface area contributed by atoms with Crippen LogP contribution in [-0.2, 0) is 107 Å². The fourth-order valence-electron chi connectivity index (χ4n) is 16.7. The maximum absolute atomic E-state index is 15.8. The molecule has 0 saturated carbocycles. The number of thioether (sulfide) groups is 1. The van der Waals surface area contributed by atoms with E-state index in [0.29, 0.717) is 59.0 Å². The van der Waals surface area contributed by atoms with Gasteiger partial charge in [-0.3, -0.25) is 86.9 Å². The van der Waals surface area contributed by atoms with Crippen molar-refractivity contribution in [3.8, 4) is 5.75 Å². The molecule has 9 rings (SSSR count). The second-order valence-corrected chi connectivity index (χ2v) is 36.8. The van der Waals surface area contributed by atoms with Gasteiger partial charge in [-0.2, -0.15) is 0 Å². The van der Waals surface area contributed by atoms with Crippen molar-refractivity contribution in [1.29, 1.82) is 5.41 Å². The highest BCUT2D eigenvalue weighted by Gasteiger charge is 2.47. The number of likely N-dealkylation sites (N-methyl/N-ethyl adjacent to an activating group) is 3. The number of carbonyl (C=O) groups is 17. The van der Waals surface area contributed by atoms with E-state index in [1.54, 1.807) is 55.8 Å². The first-order chi connectivity index (χ1) is 64.8. The summed E-state index contributed by atoms with van der Waals surface area (Å²) in [6, 6.07) is -1.94. The highest BCUT2D eigenvalue weighted by atomic mass is 32.2. The Hall–Kier alpha value is -13.3. The molecular weight excluding hydrogens is 1800 g/mol. The molecule has 3 saturated heterocycles. The van der Waals surface area contributed by atoms with Gasteiger partial charge in [-0.25, -0.2) is 4.98 Å². The summed E-state index contributed by atoms with van der Waals surface area (Å²) in [5.74, 6) is -18.0. The minimum Gasteiger partial charge on any atom is -0.508 e. The number of H-pyrrole nitrogens is 2. The molecule has 3 aromatic heterocycles. The number of rotatable bonds is 26. The fourth-order valence-corrected chi connectivity index (χ4v) is 18.5. The molecule has 0 unspecified atom stereocenters. The highest BCUT2D eigenvalue weighted by Crippen LogP contribution is 2.30. The number of aromatic amines is 2. The molecule has 6 heterocycles. The smallest absolute Gasteiger partial charge is 0.246 e. The normalized spacial score (nSPS) is 24.7. The number of thiophene rings is 1. The van der Waals surface area contributed by atoms with E-state index in [0.717, 1.165) is 41.4 Å². The number of benzene rings is 3. The summed E-state index contributed by atoms with van der Waals surface area (Å²) in [6.07, 6.45) is 2.17. The van der Waals surface area contributed by atoms with Crippen molar-refractivity contribution < 1.29 is 96.8 Å². The number of guanidine groups is 1. The Labute approximate surface area is 794 Å². The largest absolute Gasteiger partial charge is 0.508 e. The van der Waals surface area contributed by atoms with Crippen molar-refractivity contribution in [3.05, 3.63) is 119 Å². The Balaban J connectivity index is 1.10. The van der Waals surface area contributed by atoms with E-state index in [9.17, 15) is 58.5 Å². The molecule has 23 N–H and O–H groups in total. The lowest BCUT2D eigenvalue weighted by molar-refractivity contribution is -0.149. The second kappa shape index (κ2) is 50.9. The third-order valence-corrected chi connectivity index (χ3v) is 26.3. The molecule has 0 spiro atoms. The van der Waals surface area contributed by atoms with Crippen LogP contribution in [0.4, 0.5) is 0 Å². The van der Waals surface area contributed by atoms with E-state index in [1.807, 2.05) is 32.0 Å². The number of phenolic OH excluding ortho intramolecular Hbond substituents is 1. The van der Waals surface area contributed by atoms with Crippen LogP contribution in [0, 0.1) is 11.3 Å². The topological polar surface area (TPSA) is 646 Å². The Morgan fingerprint density at radius 3 is 1.81 bits per heavy atom. The summed E-state index contributed by atoms with van der Waals surface area (Å²) < 4.78 is 0.819. The number of carbonyl (C=O) groups excluding carboxylic acids is 17. The summed E-state index contributed by atoms with van der Waals surface area (Å²) in [5, 5.41) is 72.9. The number of unbranched alkanes of at least 4 members (excludes halogenated alkanes) is 2. The molecule has 3 fully saturated rings. The van der Waals surface area contributed by atoms with Gasteiger partial charge < -0.3 is 125 Å². The number of imidazole rings is 1. The molecule has 738 valence electrons. The van der Waals surface area contributed by atoms with Gasteiger partial charge >= 0.3 is 0 Å². The molecular formula is C91H127N23O20S2. The number of aromatic hydroxyl groups is 1. The number of nitrogens with one attached hydrogen (secondary N) is 14. The standard InChI is InChI=1S/C91H127N23O20S2/c1-9-11-23-69-83(127)102-60(22-17-31-97-91(94)95)79(123)109-68(78(122)99-42-75(93)119)46-135-47-76(120)101-64(34-51-27-29-55(116)30-28-51)86(130)110(6)50(5)77(121)105-66(39-74(92)118)89(133)114-43-56(117)38-72(114)85(129)104-62(37-54-41-96-48-100-54)81(125)106-63(33-49(3)4)88(132)113-32-18-25-70(113)84(128)103-61(35-52-40-98-59-21-15-13-19-57(52)59)80(124)108-67(44-115)82(126)107-65(36-53-45-136-73-26-16-14-20-58(53)73)87(131)112(8)71(24-12-10-2)90(134)111(69)7/h13-16,19-21,26-30,40-41,45,48-50,56,60-72,98,115-117H,9-12,17-18,22-25,31-39,42-44,46-47H2,1-8H3,(H2,92,118)(H2,93,119)(H,96,100)(H,99,122)(H,101,120)(H,102,127)(H,103,128)(H,104,129)(H,105,121)(H,106,125)(H,107,126)(H,108,124)(H,109,123)(H4,94,95,97)/t50-,56+,60-,61-,62-,63-,64-,65-,66-,67-,68-,69-,70+,71-,72-/m0/s1. The van der Waals surface area contributed by atoms with Gasteiger partial charge in [0, 0.05) is 112 Å². The van der Waals surface area contributed by atoms with E-state index in [1.165, 1.54) is 81.1 Å². The molecule has 43 nitrogen and oxygen atoms in total. The third kappa shape index (κ3) is 29.6. The van der Waals surface area contributed by atoms with Crippen LogP contribution in [0.2, 0.25) is 0 Å². The average Bonchev–Trinajstić information content (AvgIpc) is 1.65. The molecule has 17 amide bonds. The van der Waals surface area contributed by atoms with E-state index in [4.69, 9.17) is 22.6 Å². The van der Waals surface area contributed by atoms with Gasteiger partial charge in [0.05, 0.1) is 37.8 Å². The number of aliphatic hydroxyl groups is 2. The van der Waals surface area contributed by atoms with Crippen molar-refractivity contribution in [2.24, 2.45) is 23.1 Å². The first-order valence-corrected chi connectivity index (χ1v) is 47.5. The molecule has 136 heavy (non-hydrogen) atoms. The number of nitrogens with zero attached hydrogens (tertiary/aromatic N) is 6. The number of amides is 17. The van der Waals surface area contributed by atoms with Crippen molar-refractivity contribution in [2.75, 3.05) is 65.4 Å². The van der Waals surface area contributed by atoms with Crippen LogP contribution in [-0.4, -0.2) is 317 Å². The summed E-state index contributed by atoms with van der Waals surface area (Å²) in [6.45, 7) is 6.07. The SMILES string of the molecule is CCCC[C@H]1C(=O)N(C)[C@@H](CCCC)C(=O)N[C@@H](CCCNC(=N)N)C(=O)N[C@H](C(=O)NCC(N)=O)CSCC(=O)N[C@@H](Cc2ccc(O)cc2)C(=O)N(C)[C@@H](C)C(=O)N[C@@H](CC(N)=O)C(=O)N2C[C@H](O)C[C@H]2C(=O)N[C@@H](Cc2cnc[nH]2)C(=O)N[C@@H](CC(C)C)C(=O)N2CCC[C@@H]2C(=O)N[C@@H](Cc2c[nH]c3ccccc23)C(=O)N[C@@H](CO)C(=O)N[C@@H](Cc2csc3ccccc23)C(=O)N1C. The number of fused-ring (bicyclic) bond motifs is 4. The molecule has 45 heteroatoms. The van der Waals surface area contributed by atoms with Crippen LogP contribution in [0.3, 0.4) is 0 Å². The number of aromatic nitrogens is 3. The monoisotopic (exact) mass is 1930 g/mol. The van der Waals surface area contributed by atoms with Crippen LogP contribution in [0.15, 0.2) is 96.9 Å². The number of hydrogen-bond donors (Lipinski definition) is 20. The summed E-state index contributed by atoms with van der Waals surface area (Å²) in [5.41, 5.74) is 19.2. The van der Waals surface area contributed by atoms with Crippen LogP contribution in [0.25, 0.3) is 21.0 Å². The van der Waals surface area contributed by atoms with Gasteiger partial charge in [0.25, 0.3) is 0 Å². The Morgan fingerprint density at radius 1 is 0.574 bits per heavy atom. The lowest BCUT2D eigenvalue weighted by Crippen LogP contribution is -2.62. The van der Waals surface area contributed by atoms with E-state index in [-0.39, 0.29) is 95.4 Å². The number of aliphatic hydroxyl groups excluding tert-OH is 2. The molecule has 0 radical (unpaired) electrons. The number of hydrogen-bond acceptors (Lipinski definition) is 24. The van der Waals surface area contributed by atoms with Crippen LogP contribution >= 0.6 is 23.1 Å². The minimum absolute atomic E-state index is 0.00361. The molecule has 3 aliphatic heterocycles. The lowest BCUT2D eigenvalue weighted by Gasteiger charge is -2.36. The number of primary amides is 2. The summed E-state index contributed by atoms with van der Waals surface area (Å²) in [4.78, 5) is 266. The van der Waals surface area contributed by atoms with E-state index in [2.05, 4.69) is 73.4 Å². The number of para-hydroxylation sites is 1. The minimum atomic E-state index is -1.89. The second-order valence-electron chi connectivity index (χ2n) is 34.9. The number of nitrogens with two attached hydrogens (primary N) is 3. The van der Waals surface area contributed by atoms with Crippen molar-refractivity contribution in [2.45, 2.75) is 234 Å². The van der Waals surface area contributed by atoms with Gasteiger partial charge in [-0.15, -0.1) is 23.1 Å². The number of phenols is 1. The maximum atomic E-state index is 15.8. The van der Waals surface area contributed by atoms with E-state index >= 15 is 38.4 Å². The first kappa shape index (κ1) is 106. The van der Waals surface area contributed by atoms with Gasteiger partial charge in [0.1, 0.15) is 90.3 Å². The summed E-state index contributed by atoms with van der Waals surface area (Å²) >= 11 is 2.11. The average molecular weight is 1930 g/mol. The molecule has 15 atom stereocenters. The first-order valence-electron chi connectivity index (χ1n) is 45.5. The Bertz CT molecular complexity index is 5250. The zero-order valence-electron chi connectivity index (χ0n) is 77.5. The molecule has 6 aromatic rings. The van der Waals surface area contributed by atoms with Crippen molar-refractivity contribution >= 4 is 150 Å². The maximum Gasteiger partial charge on any atom is 0.246 e. The quantitative estimate of drug-likeness (QED) is 0.0156. The fraction of sp³-hybridized carbons (Fsp3) is 0.527. The van der Waals surface area contributed by atoms with Crippen molar-refractivity contribution in [1.82, 2.24) is 97.9 Å². The highest BCUT2D eigenvalue weighted by molar-refractivity contribution is 8.00. The Morgan fingerprint density at radius 2 is 1.15 bits per heavy atom. The summed E-state index contributed by atoms with van der Waals surface area (Å²) in [7, 11) is 3.91. The van der Waals surface area contributed by atoms with Crippen LogP contribution < -0.4 is 75.7 Å². The van der Waals surface area contributed by atoms with Crippen LogP contribution in [0.5, 0.6) is 5.75 Å².